The number of aliphatic hydroxyl groups is 1. The number of anilines is 1. The summed E-state index contributed by atoms with van der Waals surface area (Å²) in [6.45, 7) is 4.96. The van der Waals surface area contributed by atoms with Gasteiger partial charge < -0.3 is 15.7 Å². The van der Waals surface area contributed by atoms with Crippen LogP contribution in [0.25, 0.3) is 0 Å². The monoisotopic (exact) mass is 316 g/mol. The Morgan fingerprint density at radius 2 is 2.09 bits per heavy atom. The van der Waals surface area contributed by atoms with Crippen molar-refractivity contribution >= 4 is 11.7 Å². The van der Waals surface area contributed by atoms with Gasteiger partial charge in [-0.3, -0.25) is 4.68 Å². The van der Waals surface area contributed by atoms with Crippen molar-refractivity contribution in [1.82, 2.24) is 15.1 Å². The quantitative estimate of drug-likeness (QED) is 0.734. The van der Waals surface area contributed by atoms with Gasteiger partial charge in [-0.2, -0.15) is 5.10 Å². The predicted octanol–water partition coefficient (Wildman–Crippen LogP) is 2.52. The molecule has 0 aliphatic rings. The van der Waals surface area contributed by atoms with Gasteiger partial charge in [-0.1, -0.05) is 25.5 Å². The third-order valence-corrected chi connectivity index (χ3v) is 3.44. The fraction of sp³-hybridized carbons (Fsp3) is 0.412. The first-order valence-electron chi connectivity index (χ1n) is 7.87. The van der Waals surface area contributed by atoms with Crippen molar-refractivity contribution < 1.29 is 9.90 Å². The second kappa shape index (κ2) is 8.33. The second-order valence-corrected chi connectivity index (χ2v) is 5.69. The van der Waals surface area contributed by atoms with Crippen molar-refractivity contribution in [2.75, 3.05) is 11.9 Å². The molecule has 0 radical (unpaired) electrons. The minimum absolute atomic E-state index is 0.260. The Kier molecular flexibility index (Phi) is 6.17. The Morgan fingerprint density at radius 1 is 1.35 bits per heavy atom. The van der Waals surface area contributed by atoms with E-state index in [1.165, 1.54) is 0 Å². The summed E-state index contributed by atoms with van der Waals surface area (Å²) in [7, 11) is 0. The van der Waals surface area contributed by atoms with Gasteiger partial charge in [0.25, 0.3) is 0 Å². The zero-order chi connectivity index (χ0) is 16.7. The van der Waals surface area contributed by atoms with Crippen LogP contribution in [-0.2, 0) is 6.54 Å². The molecular formula is C17H24N4O2. The summed E-state index contributed by atoms with van der Waals surface area (Å²) < 4.78 is 1.87. The van der Waals surface area contributed by atoms with Gasteiger partial charge in [0.1, 0.15) is 0 Å². The number of benzene rings is 1. The molecule has 0 spiro atoms. The number of aromatic nitrogens is 2. The van der Waals surface area contributed by atoms with Crippen molar-refractivity contribution in [3.63, 3.8) is 0 Å². The molecule has 1 aromatic heterocycles. The molecule has 0 saturated carbocycles. The Morgan fingerprint density at radius 3 is 2.70 bits per heavy atom. The molecule has 0 bridgehead atoms. The van der Waals surface area contributed by atoms with Crippen molar-refractivity contribution in [1.29, 1.82) is 0 Å². The van der Waals surface area contributed by atoms with E-state index in [4.69, 9.17) is 0 Å². The van der Waals surface area contributed by atoms with Crippen LogP contribution in [0.15, 0.2) is 36.7 Å². The van der Waals surface area contributed by atoms with E-state index < -0.39 is 6.10 Å². The van der Waals surface area contributed by atoms with E-state index in [-0.39, 0.29) is 12.6 Å². The minimum atomic E-state index is -0.495. The molecule has 2 amide bonds. The van der Waals surface area contributed by atoms with E-state index in [1.54, 1.807) is 0 Å². The number of nitrogens with zero attached hydrogens (tertiary/aromatic N) is 2. The van der Waals surface area contributed by atoms with E-state index in [9.17, 15) is 9.90 Å². The maximum absolute atomic E-state index is 11.8. The molecule has 124 valence electrons. The molecule has 0 aliphatic heterocycles. The largest absolute Gasteiger partial charge is 0.391 e. The molecule has 6 heteroatoms. The third-order valence-electron chi connectivity index (χ3n) is 3.44. The van der Waals surface area contributed by atoms with Crippen LogP contribution in [0.5, 0.6) is 0 Å². The number of rotatable bonds is 7. The van der Waals surface area contributed by atoms with E-state index in [0.717, 1.165) is 17.5 Å². The average Bonchev–Trinajstić information content (AvgIpc) is 2.93. The Bertz CT molecular complexity index is 622. The van der Waals surface area contributed by atoms with Crippen molar-refractivity contribution in [2.24, 2.45) is 0 Å². The summed E-state index contributed by atoms with van der Waals surface area (Å²) in [5, 5.41) is 19.3. The third kappa shape index (κ3) is 5.75. The maximum Gasteiger partial charge on any atom is 0.319 e. The maximum atomic E-state index is 11.8. The summed E-state index contributed by atoms with van der Waals surface area (Å²) in [5.74, 6) is 0. The fourth-order valence-corrected chi connectivity index (χ4v) is 2.26. The molecule has 2 aromatic rings. The molecule has 6 nitrogen and oxygen atoms in total. The van der Waals surface area contributed by atoms with Gasteiger partial charge in [0.15, 0.2) is 0 Å². The van der Waals surface area contributed by atoms with Crippen molar-refractivity contribution in [2.45, 2.75) is 39.3 Å². The normalized spacial score (nSPS) is 12.0. The molecule has 23 heavy (non-hydrogen) atoms. The average molecular weight is 316 g/mol. The molecule has 0 fully saturated rings. The minimum Gasteiger partial charge on any atom is -0.391 e. The topological polar surface area (TPSA) is 79.2 Å². The Hall–Kier alpha value is -2.34. The predicted molar refractivity (Wildman–Crippen MR) is 90.4 cm³/mol. The molecule has 3 N–H and O–H groups in total. The van der Waals surface area contributed by atoms with Crippen molar-refractivity contribution in [3.05, 3.63) is 47.8 Å². The van der Waals surface area contributed by atoms with Gasteiger partial charge in [0.2, 0.25) is 0 Å². The summed E-state index contributed by atoms with van der Waals surface area (Å²) in [4.78, 5) is 11.8. The highest BCUT2D eigenvalue weighted by Crippen LogP contribution is 2.11. The van der Waals surface area contributed by atoms with Gasteiger partial charge in [0, 0.05) is 18.4 Å². The smallest absolute Gasteiger partial charge is 0.319 e. The molecule has 1 atom stereocenters. The van der Waals surface area contributed by atoms with Crippen LogP contribution in [0.3, 0.4) is 0 Å². The first kappa shape index (κ1) is 17.0. The Balaban J connectivity index is 1.81. The summed E-state index contributed by atoms with van der Waals surface area (Å²) in [6.07, 6.45) is 4.89. The Labute approximate surface area is 136 Å². The molecule has 0 saturated heterocycles. The van der Waals surface area contributed by atoms with E-state index in [2.05, 4.69) is 15.7 Å². The summed E-state index contributed by atoms with van der Waals surface area (Å²) in [6, 6.07) is 7.31. The number of aliphatic hydroxyl groups excluding tert-OH is 1. The molecule has 1 heterocycles. The number of carbonyl (C=O) groups excluding carboxylic acids is 1. The van der Waals surface area contributed by atoms with Gasteiger partial charge in [-0.25, -0.2) is 4.79 Å². The number of carbonyl (C=O) groups is 1. The molecule has 1 unspecified atom stereocenters. The number of hydrogen-bond acceptors (Lipinski definition) is 3. The highest BCUT2D eigenvalue weighted by Gasteiger charge is 2.06. The number of aryl methyl sites for hydroxylation is 1. The second-order valence-electron chi connectivity index (χ2n) is 5.69. The SMILES string of the molecule is CCCC(O)CNC(=O)Nc1ccc(Cn2cc(C)cn2)cc1. The number of amides is 2. The first-order chi connectivity index (χ1) is 11.1. The first-order valence-corrected chi connectivity index (χ1v) is 7.87. The van der Waals surface area contributed by atoms with Crippen LogP contribution in [-0.4, -0.2) is 33.6 Å². The summed E-state index contributed by atoms with van der Waals surface area (Å²) >= 11 is 0. The van der Waals surface area contributed by atoms with Crippen LogP contribution < -0.4 is 10.6 Å². The lowest BCUT2D eigenvalue weighted by Crippen LogP contribution is -2.35. The number of urea groups is 1. The van der Waals surface area contributed by atoms with Crippen LogP contribution in [0.1, 0.15) is 30.9 Å². The fourth-order valence-electron chi connectivity index (χ4n) is 2.26. The van der Waals surface area contributed by atoms with Gasteiger partial charge in [-0.05, 0) is 36.6 Å². The molecule has 0 aliphatic carbocycles. The lowest BCUT2D eigenvalue weighted by atomic mass is 10.2. The molecule has 1 aromatic carbocycles. The zero-order valence-corrected chi connectivity index (χ0v) is 13.6. The highest BCUT2D eigenvalue weighted by molar-refractivity contribution is 5.89. The number of nitrogens with one attached hydrogen (secondary N) is 2. The highest BCUT2D eigenvalue weighted by atomic mass is 16.3. The van der Waals surface area contributed by atoms with Gasteiger partial charge in [-0.15, -0.1) is 0 Å². The van der Waals surface area contributed by atoms with Crippen LogP contribution in [0.4, 0.5) is 10.5 Å². The lowest BCUT2D eigenvalue weighted by Gasteiger charge is -2.12. The standard InChI is InChI=1S/C17H24N4O2/c1-3-4-16(22)10-18-17(23)20-15-7-5-14(6-8-15)12-21-11-13(2)9-19-21/h5-9,11,16,22H,3-4,10,12H2,1-2H3,(H2,18,20,23). The van der Waals surface area contributed by atoms with E-state index >= 15 is 0 Å². The number of hydrogen-bond donors (Lipinski definition) is 3. The lowest BCUT2D eigenvalue weighted by molar-refractivity contribution is 0.162. The molecular weight excluding hydrogens is 292 g/mol. The van der Waals surface area contributed by atoms with E-state index in [0.29, 0.717) is 18.7 Å². The van der Waals surface area contributed by atoms with Crippen LogP contribution >= 0.6 is 0 Å². The van der Waals surface area contributed by atoms with Gasteiger partial charge >= 0.3 is 6.03 Å². The van der Waals surface area contributed by atoms with Crippen LogP contribution in [0.2, 0.25) is 0 Å². The van der Waals surface area contributed by atoms with Crippen LogP contribution in [0, 0.1) is 6.92 Å². The van der Waals surface area contributed by atoms with E-state index in [1.807, 2.05) is 55.2 Å². The zero-order valence-electron chi connectivity index (χ0n) is 13.6. The van der Waals surface area contributed by atoms with Crippen molar-refractivity contribution in [3.8, 4) is 0 Å². The summed E-state index contributed by atoms with van der Waals surface area (Å²) in [5.41, 5.74) is 2.95. The van der Waals surface area contributed by atoms with Gasteiger partial charge in [0.05, 0.1) is 18.8 Å². The molecule has 2 rings (SSSR count).